The molecule has 2 aliphatic carbocycles. The molecule has 0 radical (unpaired) electrons. The van der Waals surface area contributed by atoms with Crippen LogP contribution in [0.1, 0.15) is 36.0 Å². The van der Waals surface area contributed by atoms with Crippen LogP contribution in [0.4, 0.5) is 0 Å². The van der Waals surface area contributed by atoms with E-state index in [0.717, 1.165) is 0 Å². The molecule has 1 amide bonds. The molecule has 90 valence electrons. The van der Waals surface area contributed by atoms with E-state index in [1.165, 1.54) is 31.9 Å². The Morgan fingerprint density at radius 2 is 2.00 bits per heavy atom. The number of halogens is 1. The first kappa shape index (κ1) is 11.0. The minimum atomic E-state index is -0.0769. The largest absolute Gasteiger partial charge is 0.349 e. The topological polar surface area (TPSA) is 42.0 Å². The van der Waals surface area contributed by atoms with Crippen LogP contribution in [0.25, 0.3) is 0 Å². The highest BCUT2D eigenvalue weighted by molar-refractivity contribution is 6.33. The van der Waals surface area contributed by atoms with Crippen molar-refractivity contribution >= 4 is 17.5 Å². The summed E-state index contributed by atoms with van der Waals surface area (Å²) in [6, 6.07) is 2.01. The minimum absolute atomic E-state index is 0.0769. The molecule has 0 bridgehead atoms. The third kappa shape index (κ3) is 2.44. The minimum Gasteiger partial charge on any atom is -0.349 e. The molecule has 3 rings (SSSR count). The lowest BCUT2D eigenvalue weighted by Gasteiger charge is -2.17. The smallest absolute Gasteiger partial charge is 0.254 e. The molecular formula is C13H15ClN2O. The van der Waals surface area contributed by atoms with E-state index in [4.69, 9.17) is 11.6 Å². The van der Waals surface area contributed by atoms with Gasteiger partial charge >= 0.3 is 0 Å². The molecule has 0 unspecified atom stereocenters. The van der Waals surface area contributed by atoms with Crippen molar-refractivity contribution < 1.29 is 4.79 Å². The fourth-order valence-electron chi connectivity index (χ4n) is 2.30. The van der Waals surface area contributed by atoms with Crippen LogP contribution in [-0.4, -0.2) is 16.9 Å². The van der Waals surface area contributed by atoms with Gasteiger partial charge in [0.05, 0.1) is 10.6 Å². The maximum Gasteiger partial charge on any atom is 0.254 e. The Balaban J connectivity index is 1.71. The Bertz CT molecular complexity index is 429. The van der Waals surface area contributed by atoms with Gasteiger partial charge in [0.1, 0.15) is 0 Å². The number of nitrogens with zero attached hydrogens (tertiary/aromatic N) is 1. The van der Waals surface area contributed by atoms with Gasteiger partial charge in [-0.3, -0.25) is 9.78 Å². The Morgan fingerprint density at radius 3 is 2.53 bits per heavy atom. The Kier molecular flexibility index (Phi) is 2.79. The molecule has 1 heterocycles. The maximum absolute atomic E-state index is 12.1. The Labute approximate surface area is 106 Å². The van der Waals surface area contributed by atoms with Crippen LogP contribution in [-0.2, 0) is 0 Å². The number of hydrogen-bond acceptors (Lipinski definition) is 2. The molecule has 1 aromatic heterocycles. The van der Waals surface area contributed by atoms with Gasteiger partial charge in [-0.05, 0) is 43.6 Å². The molecule has 0 saturated heterocycles. The number of pyridine rings is 1. The Hall–Kier alpha value is -1.09. The standard InChI is InChI=1S/C13H15ClN2O/c14-11-5-6-15-7-10(11)13(17)16-12(8-1-2-8)9-3-4-9/h5-9,12H,1-4H2,(H,16,17). The average molecular weight is 251 g/mol. The summed E-state index contributed by atoms with van der Waals surface area (Å²) in [5.74, 6) is 1.32. The molecule has 2 aliphatic rings. The van der Waals surface area contributed by atoms with Gasteiger partial charge in [0.25, 0.3) is 5.91 Å². The number of amides is 1. The summed E-state index contributed by atoms with van der Waals surface area (Å²) in [4.78, 5) is 16.1. The van der Waals surface area contributed by atoms with Gasteiger partial charge in [0.15, 0.2) is 0 Å². The first-order valence-electron chi connectivity index (χ1n) is 6.16. The van der Waals surface area contributed by atoms with Gasteiger partial charge in [0, 0.05) is 18.4 Å². The number of aromatic nitrogens is 1. The second kappa shape index (κ2) is 4.30. The molecule has 1 aromatic rings. The van der Waals surface area contributed by atoms with Crippen molar-refractivity contribution in [1.29, 1.82) is 0 Å². The normalized spacial score (nSPS) is 19.4. The molecule has 2 saturated carbocycles. The number of rotatable bonds is 4. The van der Waals surface area contributed by atoms with E-state index in [0.29, 0.717) is 28.5 Å². The quantitative estimate of drug-likeness (QED) is 0.893. The zero-order chi connectivity index (χ0) is 11.8. The number of carbonyl (C=O) groups is 1. The van der Waals surface area contributed by atoms with Crippen LogP contribution in [0.3, 0.4) is 0 Å². The van der Waals surface area contributed by atoms with Crippen LogP contribution < -0.4 is 5.32 Å². The molecule has 4 heteroatoms. The van der Waals surface area contributed by atoms with E-state index in [1.54, 1.807) is 12.3 Å². The molecule has 2 fully saturated rings. The fourth-order valence-corrected chi connectivity index (χ4v) is 2.50. The summed E-state index contributed by atoms with van der Waals surface area (Å²) < 4.78 is 0. The van der Waals surface area contributed by atoms with Crippen LogP contribution in [0.2, 0.25) is 5.02 Å². The zero-order valence-electron chi connectivity index (χ0n) is 9.53. The van der Waals surface area contributed by atoms with Gasteiger partial charge in [0.2, 0.25) is 0 Å². The van der Waals surface area contributed by atoms with E-state index < -0.39 is 0 Å². The van der Waals surface area contributed by atoms with E-state index in [9.17, 15) is 4.79 Å². The summed E-state index contributed by atoms with van der Waals surface area (Å²) in [5, 5.41) is 3.61. The monoisotopic (exact) mass is 250 g/mol. The van der Waals surface area contributed by atoms with Crippen molar-refractivity contribution in [3.8, 4) is 0 Å². The molecule has 3 nitrogen and oxygen atoms in total. The summed E-state index contributed by atoms with van der Waals surface area (Å²) >= 11 is 5.99. The van der Waals surface area contributed by atoms with E-state index >= 15 is 0 Å². The molecule has 0 aromatic carbocycles. The lowest BCUT2D eigenvalue weighted by atomic mass is 10.1. The third-order valence-electron chi connectivity index (χ3n) is 3.57. The molecule has 1 N–H and O–H groups in total. The fraction of sp³-hybridized carbons (Fsp3) is 0.538. The molecule has 17 heavy (non-hydrogen) atoms. The van der Waals surface area contributed by atoms with Crippen LogP contribution >= 0.6 is 11.6 Å². The summed E-state index contributed by atoms with van der Waals surface area (Å²) in [5.41, 5.74) is 0.487. The lowest BCUT2D eigenvalue weighted by Crippen LogP contribution is -2.38. The Morgan fingerprint density at radius 1 is 1.35 bits per heavy atom. The average Bonchev–Trinajstić information content (AvgIpc) is 3.16. The van der Waals surface area contributed by atoms with Crippen molar-refractivity contribution in [3.63, 3.8) is 0 Å². The van der Waals surface area contributed by atoms with Gasteiger partial charge < -0.3 is 5.32 Å². The number of hydrogen-bond donors (Lipinski definition) is 1. The predicted octanol–water partition coefficient (Wildman–Crippen LogP) is 2.65. The SMILES string of the molecule is O=C(NC(C1CC1)C1CC1)c1cnccc1Cl. The van der Waals surface area contributed by atoms with Crippen molar-refractivity contribution in [2.45, 2.75) is 31.7 Å². The van der Waals surface area contributed by atoms with Gasteiger partial charge in [-0.2, -0.15) is 0 Å². The highest BCUT2D eigenvalue weighted by Crippen LogP contribution is 2.44. The third-order valence-corrected chi connectivity index (χ3v) is 3.90. The maximum atomic E-state index is 12.1. The van der Waals surface area contributed by atoms with E-state index in [1.807, 2.05) is 0 Å². The summed E-state index contributed by atoms with van der Waals surface area (Å²) in [6.45, 7) is 0. The van der Waals surface area contributed by atoms with Crippen molar-refractivity contribution in [2.75, 3.05) is 0 Å². The molecular weight excluding hydrogens is 236 g/mol. The number of carbonyl (C=O) groups excluding carboxylic acids is 1. The first-order valence-corrected chi connectivity index (χ1v) is 6.54. The zero-order valence-corrected chi connectivity index (χ0v) is 10.3. The van der Waals surface area contributed by atoms with Crippen LogP contribution in [0, 0.1) is 11.8 Å². The summed E-state index contributed by atoms with van der Waals surface area (Å²) in [7, 11) is 0. The van der Waals surface area contributed by atoms with Gasteiger partial charge in [-0.15, -0.1) is 0 Å². The highest BCUT2D eigenvalue weighted by atomic mass is 35.5. The molecule has 0 spiro atoms. The second-order valence-corrected chi connectivity index (χ2v) is 5.44. The second-order valence-electron chi connectivity index (χ2n) is 5.03. The highest BCUT2D eigenvalue weighted by Gasteiger charge is 2.42. The van der Waals surface area contributed by atoms with Crippen molar-refractivity contribution in [1.82, 2.24) is 10.3 Å². The summed E-state index contributed by atoms with van der Waals surface area (Å²) in [6.07, 6.45) is 8.14. The van der Waals surface area contributed by atoms with E-state index in [2.05, 4.69) is 10.3 Å². The van der Waals surface area contributed by atoms with Crippen LogP contribution in [0.15, 0.2) is 18.5 Å². The van der Waals surface area contributed by atoms with Crippen molar-refractivity contribution in [3.05, 3.63) is 29.0 Å². The molecule has 0 atom stereocenters. The number of nitrogens with one attached hydrogen (secondary N) is 1. The lowest BCUT2D eigenvalue weighted by molar-refractivity contribution is 0.0926. The van der Waals surface area contributed by atoms with Crippen molar-refractivity contribution in [2.24, 2.45) is 11.8 Å². The van der Waals surface area contributed by atoms with Gasteiger partial charge in [-0.1, -0.05) is 11.6 Å². The van der Waals surface area contributed by atoms with Gasteiger partial charge in [-0.25, -0.2) is 0 Å². The van der Waals surface area contributed by atoms with Crippen LogP contribution in [0.5, 0.6) is 0 Å². The van der Waals surface area contributed by atoms with E-state index in [-0.39, 0.29) is 5.91 Å². The first-order chi connectivity index (χ1) is 8.25. The molecule has 0 aliphatic heterocycles. The predicted molar refractivity (Wildman–Crippen MR) is 65.9 cm³/mol.